The predicted molar refractivity (Wildman–Crippen MR) is 118 cm³/mol. The number of nitrogens with zero attached hydrogens (tertiary/aromatic N) is 6. The molecule has 0 fully saturated rings. The molecule has 0 atom stereocenters. The molecule has 0 radical (unpaired) electrons. The maximum Gasteiger partial charge on any atom is 0.341 e. The molecule has 0 amide bonds. The quantitative estimate of drug-likeness (QED) is 0.418. The number of rotatable bonds is 4. The van der Waals surface area contributed by atoms with Gasteiger partial charge < -0.3 is 0 Å². The van der Waals surface area contributed by atoms with Crippen LogP contribution in [0, 0.1) is 6.92 Å². The van der Waals surface area contributed by atoms with Crippen LogP contribution in [-0.2, 0) is 7.05 Å². The fourth-order valence-corrected chi connectivity index (χ4v) is 3.51. The molecule has 1 aromatic carbocycles. The molecular weight excluding hydrogens is 396 g/mol. The first-order valence-electron chi connectivity index (χ1n) is 10.5. The van der Waals surface area contributed by atoms with Gasteiger partial charge in [-0.2, -0.15) is 9.13 Å². The zero-order valence-corrected chi connectivity index (χ0v) is 18.1. The number of aromatic nitrogens is 6. The van der Waals surface area contributed by atoms with Crippen LogP contribution < -0.4 is 18.3 Å². The van der Waals surface area contributed by atoms with Crippen LogP contribution in [-0.4, -0.2) is 9.97 Å². The molecule has 32 heavy (non-hydrogen) atoms. The molecule has 5 aromatic rings. The predicted octanol–water partition coefficient (Wildman–Crippen LogP) is 2.11. The van der Waals surface area contributed by atoms with E-state index in [1.165, 1.54) is 11.1 Å². The van der Waals surface area contributed by atoms with Crippen molar-refractivity contribution in [2.45, 2.75) is 6.92 Å². The van der Waals surface area contributed by atoms with Gasteiger partial charge in [-0.15, -0.1) is 0 Å². The molecule has 6 heteroatoms. The molecule has 4 heterocycles. The van der Waals surface area contributed by atoms with Gasteiger partial charge in [0.1, 0.15) is 13.1 Å². The maximum atomic E-state index is 4.45. The summed E-state index contributed by atoms with van der Waals surface area (Å²) in [5.41, 5.74) is 4.71. The van der Waals surface area contributed by atoms with Crippen LogP contribution in [0.2, 0.25) is 0 Å². The van der Waals surface area contributed by atoms with Crippen molar-refractivity contribution < 1.29 is 18.3 Å². The van der Waals surface area contributed by atoms with Gasteiger partial charge in [0.15, 0.2) is 24.8 Å². The largest absolute Gasteiger partial charge is 0.341 e. The van der Waals surface area contributed by atoms with Crippen molar-refractivity contribution in [1.82, 2.24) is 9.97 Å². The fourth-order valence-electron chi connectivity index (χ4n) is 3.51. The minimum atomic E-state index is 0.804. The lowest BCUT2D eigenvalue weighted by molar-refractivity contribution is -0.671. The van der Waals surface area contributed by atoms with Crippen LogP contribution in [0.5, 0.6) is 0 Å². The van der Waals surface area contributed by atoms with Crippen molar-refractivity contribution in [3.63, 3.8) is 0 Å². The number of aryl methyl sites for hydroxylation is 2. The van der Waals surface area contributed by atoms with Crippen molar-refractivity contribution in [1.29, 1.82) is 0 Å². The van der Waals surface area contributed by atoms with Gasteiger partial charge in [-0.3, -0.25) is 0 Å². The zero-order chi connectivity index (χ0) is 21.9. The average molecular weight is 421 g/mol. The van der Waals surface area contributed by atoms with Crippen molar-refractivity contribution in [2.75, 3.05) is 0 Å². The van der Waals surface area contributed by atoms with Gasteiger partial charge in [0.25, 0.3) is 0 Å². The second-order valence-electron chi connectivity index (χ2n) is 7.73. The lowest BCUT2D eigenvalue weighted by Gasteiger charge is -2.01. The number of hydrogen-bond acceptors (Lipinski definition) is 2. The molecule has 0 spiro atoms. The highest BCUT2D eigenvalue weighted by Crippen LogP contribution is 2.15. The topological polar surface area (TPSA) is 41.3 Å². The standard InChI is InChI=1S/C26H24N6/c1-21-3-5-24(6-4-21)30-15-17-32(18-16-30)26-19-25(27-20-28-26)31-13-9-23(10-14-31)22-7-11-29(2)12-8-22/h3-20H,1-2H3/q+4. The normalized spacial score (nSPS) is 10.8. The third-order valence-electron chi connectivity index (χ3n) is 5.42. The Bertz CT molecular complexity index is 1240. The highest BCUT2D eigenvalue weighted by atomic mass is 15.1. The van der Waals surface area contributed by atoms with Gasteiger partial charge >= 0.3 is 18.0 Å². The summed E-state index contributed by atoms with van der Waals surface area (Å²) in [6, 6.07) is 18.8. The lowest BCUT2D eigenvalue weighted by Crippen LogP contribution is -2.40. The Morgan fingerprint density at radius 3 is 1.66 bits per heavy atom. The number of pyridine rings is 2. The van der Waals surface area contributed by atoms with Gasteiger partial charge in [-0.05, 0) is 40.2 Å². The summed E-state index contributed by atoms with van der Waals surface area (Å²) in [7, 11) is 2.02. The first-order valence-corrected chi connectivity index (χ1v) is 10.5. The third-order valence-corrected chi connectivity index (χ3v) is 5.42. The fraction of sp³-hybridized carbons (Fsp3) is 0.0769. The minimum absolute atomic E-state index is 0.804. The molecule has 0 unspecified atom stereocenters. The van der Waals surface area contributed by atoms with Gasteiger partial charge in [0, 0.05) is 24.3 Å². The molecule has 154 valence electrons. The molecule has 6 nitrogen and oxygen atoms in total. The van der Waals surface area contributed by atoms with Crippen LogP contribution in [0.4, 0.5) is 0 Å². The van der Waals surface area contributed by atoms with Crippen molar-refractivity contribution in [3.05, 3.63) is 116 Å². The number of benzene rings is 1. The zero-order valence-electron chi connectivity index (χ0n) is 18.1. The smallest absolute Gasteiger partial charge is 0.208 e. The Morgan fingerprint density at radius 1 is 0.562 bits per heavy atom. The van der Waals surface area contributed by atoms with E-state index in [2.05, 4.69) is 70.0 Å². The maximum absolute atomic E-state index is 4.45. The van der Waals surface area contributed by atoms with E-state index >= 15 is 0 Å². The van der Waals surface area contributed by atoms with E-state index in [4.69, 9.17) is 0 Å². The van der Waals surface area contributed by atoms with Crippen molar-refractivity contribution in [2.24, 2.45) is 7.05 Å². The molecule has 5 rings (SSSR count). The lowest BCUT2D eigenvalue weighted by atomic mass is 10.1. The summed E-state index contributed by atoms with van der Waals surface area (Å²) in [6.45, 7) is 2.09. The number of hydrogen-bond donors (Lipinski definition) is 0. The highest BCUT2D eigenvalue weighted by molar-refractivity contribution is 5.61. The van der Waals surface area contributed by atoms with E-state index in [0.717, 1.165) is 22.9 Å². The van der Waals surface area contributed by atoms with Gasteiger partial charge in [-0.1, -0.05) is 17.7 Å². The van der Waals surface area contributed by atoms with Crippen molar-refractivity contribution in [3.8, 4) is 28.5 Å². The molecule has 0 aliphatic heterocycles. The van der Waals surface area contributed by atoms with E-state index in [1.54, 1.807) is 6.33 Å². The molecule has 0 aliphatic carbocycles. The first kappa shape index (κ1) is 19.6. The summed E-state index contributed by atoms with van der Waals surface area (Å²) >= 11 is 0. The summed E-state index contributed by atoms with van der Waals surface area (Å²) in [4.78, 5) is 8.90. The Labute approximate surface area is 187 Å². The third kappa shape index (κ3) is 4.11. The molecular formula is C26H24N6+4. The second-order valence-corrected chi connectivity index (χ2v) is 7.73. The van der Waals surface area contributed by atoms with E-state index in [1.807, 2.05) is 76.4 Å². The second kappa shape index (κ2) is 8.43. The van der Waals surface area contributed by atoms with E-state index in [-0.39, 0.29) is 0 Å². The van der Waals surface area contributed by atoms with Crippen LogP contribution in [0.3, 0.4) is 0 Å². The van der Waals surface area contributed by atoms with Crippen molar-refractivity contribution >= 4 is 0 Å². The molecule has 4 aromatic heterocycles. The Hall–Kier alpha value is -4.32. The molecule has 0 aliphatic rings. The SMILES string of the molecule is Cc1ccc(-[n+]2cc[n+](-c3cc(-[n+]4ccc(-c5cc[n+](C)cc5)cc4)ncn3)cc2)cc1. The average Bonchev–Trinajstić information content (AvgIpc) is 2.85. The van der Waals surface area contributed by atoms with Gasteiger partial charge in [0.2, 0.25) is 18.1 Å². The van der Waals surface area contributed by atoms with E-state index in [0.29, 0.717) is 0 Å². The van der Waals surface area contributed by atoms with Crippen LogP contribution >= 0.6 is 0 Å². The Kier molecular flexibility index (Phi) is 5.17. The molecule has 0 bridgehead atoms. The Morgan fingerprint density at radius 2 is 1.06 bits per heavy atom. The Balaban J connectivity index is 1.39. The monoisotopic (exact) mass is 420 g/mol. The van der Waals surface area contributed by atoms with E-state index in [9.17, 15) is 0 Å². The summed E-state index contributed by atoms with van der Waals surface area (Å²) in [5.74, 6) is 1.61. The summed E-state index contributed by atoms with van der Waals surface area (Å²) in [6.07, 6.45) is 17.8. The highest BCUT2D eigenvalue weighted by Gasteiger charge is 2.18. The summed E-state index contributed by atoms with van der Waals surface area (Å²) < 4.78 is 8.08. The van der Waals surface area contributed by atoms with E-state index < -0.39 is 0 Å². The van der Waals surface area contributed by atoms with Crippen LogP contribution in [0.15, 0.2) is 110 Å². The molecule has 0 saturated heterocycles. The van der Waals surface area contributed by atoms with Crippen LogP contribution in [0.1, 0.15) is 5.56 Å². The van der Waals surface area contributed by atoms with Crippen LogP contribution in [0.25, 0.3) is 28.5 Å². The molecule has 0 N–H and O–H groups in total. The summed E-state index contributed by atoms with van der Waals surface area (Å²) in [5, 5.41) is 0. The molecule has 0 saturated carbocycles. The first-order chi connectivity index (χ1) is 15.7. The van der Waals surface area contributed by atoms with Gasteiger partial charge in [0.05, 0.1) is 12.4 Å². The van der Waals surface area contributed by atoms with Gasteiger partial charge in [-0.25, -0.2) is 9.13 Å². The minimum Gasteiger partial charge on any atom is -0.208 e.